The van der Waals surface area contributed by atoms with E-state index < -0.39 is 54.3 Å². The number of ether oxygens (including phenoxy) is 2. The Hall–Kier alpha value is -6.86. The van der Waals surface area contributed by atoms with E-state index in [0.717, 1.165) is 47.2 Å². The van der Waals surface area contributed by atoms with E-state index in [0.29, 0.717) is 66.4 Å². The van der Waals surface area contributed by atoms with Gasteiger partial charge in [-0.2, -0.15) is 13.2 Å². The number of alkyl carbamates (subject to hydrolysis) is 1. The molecule has 17 nitrogen and oxygen atoms in total. The van der Waals surface area contributed by atoms with Crippen molar-refractivity contribution in [2.24, 2.45) is 5.92 Å². The Morgan fingerprint density at radius 2 is 1.40 bits per heavy atom. The van der Waals surface area contributed by atoms with E-state index in [-0.39, 0.29) is 11.9 Å². The predicted molar refractivity (Wildman–Crippen MR) is 221 cm³/mol. The fraction of sp³-hybridized carbons (Fsp3) is 0.419. The molecule has 332 valence electrons. The highest BCUT2D eigenvalue weighted by atomic mass is 19.4. The maximum atomic E-state index is 13.8. The molecule has 4 amide bonds. The van der Waals surface area contributed by atoms with Crippen molar-refractivity contribution in [1.82, 2.24) is 49.9 Å². The van der Waals surface area contributed by atoms with Crippen molar-refractivity contribution in [3.63, 3.8) is 0 Å². The number of nitrogens with zero attached hydrogens (tertiary/aromatic N) is 7. The molecule has 2 saturated heterocycles. The molecule has 0 spiro atoms. The summed E-state index contributed by atoms with van der Waals surface area (Å²) in [5.41, 5.74) is 5.95. The molecule has 3 aromatic heterocycles. The third kappa shape index (κ3) is 9.34. The summed E-state index contributed by atoms with van der Waals surface area (Å²) in [5.74, 6) is -2.69. The molecular weight excluding hydrogens is 826 g/mol. The van der Waals surface area contributed by atoms with Gasteiger partial charge in [0.05, 0.1) is 65.9 Å². The lowest BCUT2D eigenvalue weighted by atomic mass is 10.0. The number of halogens is 3. The minimum Gasteiger partial charge on any atom is -0.453 e. The number of H-pyrrole nitrogens is 2. The van der Waals surface area contributed by atoms with Gasteiger partial charge in [-0.25, -0.2) is 29.3 Å². The molecule has 2 aliphatic rings. The summed E-state index contributed by atoms with van der Waals surface area (Å²) in [6.07, 6.45) is 0.654. The number of benzene rings is 2. The zero-order valence-electron chi connectivity index (χ0n) is 35.2. The number of aromatic nitrogens is 6. The van der Waals surface area contributed by atoms with Crippen LogP contribution in [0, 0.1) is 5.92 Å². The minimum atomic E-state index is -5.37. The van der Waals surface area contributed by atoms with Gasteiger partial charge in [0.25, 0.3) is 0 Å². The summed E-state index contributed by atoms with van der Waals surface area (Å²) in [6.45, 7) is 6.01. The van der Waals surface area contributed by atoms with E-state index in [1.54, 1.807) is 42.2 Å². The highest BCUT2D eigenvalue weighted by Gasteiger charge is 2.45. The molecule has 0 unspecified atom stereocenters. The molecule has 4 atom stereocenters. The van der Waals surface area contributed by atoms with Crippen LogP contribution >= 0.6 is 0 Å². The zero-order chi connectivity index (χ0) is 45.2. The second kappa shape index (κ2) is 18.2. The Morgan fingerprint density at radius 1 is 0.825 bits per heavy atom. The highest BCUT2D eigenvalue weighted by molar-refractivity contribution is 5.91. The maximum Gasteiger partial charge on any atom is 0.491 e. The summed E-state index contributed by atoms with van der Waals surface area (Å²) < 4.78 is 47.0. The molecule has 5 heterocycles. The van der Waals surface area contributed by atoms with Gasteiger partial charge in [0, 0.05) is 31.3 Å². The monoisotopic (exact) mass is 872 g/mol. The van der Waals surface area contributed by atoms with Gasteiger partial charge in [0.2, 0.25) is 11.8 Å². The van der Waals surface area contributed by atoms with Crippen LogP contribution in [-0.4, -0.2) is 120 Å². The first-order valence-electron chi connectivity index (χ1n) is 20.6. The van der Waals surface area contributed by atoms with E-state index in [1.807, 2.05) is 49.4 Å². The van der Waals surface area contributed by atoms with Crippen molar-refractivity contribution in [2.45, 2.75) is 83.2 Å². The normalized spacial score (nSPS) is 17.5. The van der Waals surface area contributed by atoms with Crippen molar-refractivity contribution in [2.75, 3.05) is 27.2 Å². The third-order valence-electron chi connectivity index (χ3n) is 11.4. The molecular formula is C43H47F3N10O7. The standard InChI is InChI=1S/C43H47F3N10O7/c1-6-27(53-41(60)62-5)38(57)55-17-7-9-33(55)36-49-22-32(52-36)26-15-16-28-29(19-26)47-20-30(50-28)24-11-13-25(14-12-24)31-21-48-37(51-31)34-10-8-18-56(34)39(58)35(23(2)3)54(4)42(61)63-40(59)43(44,45)46/h11-16,19-23,27,33-35H,6-10,17-18H2,1-5H3,(H,48,51)(H,49,52)(H,53,60)/t27-,33-,34-,35-/m0/s1. The van der Waals surface area contributed by atoms with Crippen LogP contribution in [0.5, 0.6) is 0 Å². The van der Waals surface area contributed by atoms with Gasteiger partial charge in [-0.1, -0.05) is 51.1 Å². The molecule has 0 saturated carbocycles. The van der Waals surface area contributed by atoms with Gasteiger partial charge in [0.1, 0.15) is 23.7 Å². The first-order valence-corrected chi connectivity index (χ1v) is 20.6. The Balaban J connectivity index is 1.01. The summed E-state index contributed by atoms with van der Waals surface area (Å²) in [5, 5.41) is 2.62. The number of esters is 1. The number of hydrogen-bond acceptors (Lipinski definition) is 11. The Kier molecular flexibility index (Phi) is 12.8. The Morgan fingerprint density at radius 3 is 1.97 bits per heavy atom. The lowest BCUT2D eigenvalue weighted by Crippen LogP contribution is -2.52. The minimum absolute atomic E-state index is 0.182. The smallest absolute Gasteiger partial charge is 0.453 e. The van der Waals surface area contributed by atoms with Gasteiger partial charge >= 0.3 is 24.3 Å². The molecule has 7 rings (SSSR count). The second-order valence-electron chi connectivity index (χ2n) is 15.8. The van der Waals surface area contributed by atoms with E-state index in [2.05, 4.69) is 30.0 Å². The topological polar surface area (TPSA) is 209 Å². The number of fused-ring (bicyclic) bond motifs is 1. The number of carbonyl (C=O) groups excluding carboxylic acids is 5. The summed E-state index contributed by atoms with van der Waals surface area (Å²) in [6, 6.07) is 10.7. The van der Waals surface area contributed by atoms with E-state index in [1.165, 1.54) is 7.11 Å². The number of alkyl halides is 3. The van der Waals surface area contributed by atoms with Crippen LogP contribution in [0.3, 0.4) is 0 Å². The van der Waals surface area contributed by atoms with E-state index in [4.69, 9.17) is 14.7 Å². The van der Waals surface area contributed by atoms with Crippen LogP contribution in [0.25, 0.3) is 44.8 Å². The number of aromatic amines is 2. The fourth-order valence-corrected chi connectivity index (χ4v) is 8.20. The number of hydrogen-bond donors (Lipinski definition) is 3. The van der Waals surface area contributed by atoms with E-state index >= 15 is 0 Å². The average molecular weight is 873 g/mol. The van der Waals surface area contributed by atoms with Gasteiger partial charge < -0.3 is 34.6 Å². The first-order chi connectivity index (χ1) is 30.1. The van der Waals surface area contributed by atoms with Crippen LogP contribution in [0.4, 0.5) is 22.8 Å². The molecule has 20 heteroatoms. The fourth-order valence-electron chi connectivity index (χ4n) is 8.20. The summed E-state index contributed by atoms with van der Waals surface area (Å²) in [4.78, 5) is 92.3. The summed E-state index contributed by atoms with van der Waals surface area (Å²) >= 11 is 0. The van der Waals surface area contributed by atoms with Gasteiger partial charge in [-0.05, 0) is 55.7 Å². The maximum absolute atomic E-state index is 13.8. The number of amides is 4. The SMILES string of the molecule is CC[C@H](NC(=O)OC)C(=O)N1CCC[C@H]1c1ncc(-c2ccc3nc(-c4ccc(-c5cnc([C@@H]6CCCN6C(=O)[C@H](C(C)C)N(C)C(=O)OC(=O)C(F)(F)F)[nH]5)cc4)cnc3c2)[nH]1. The zero-order valence-corrected chi connectivity index (χ0v) is 35.2. The van der Waals surface area contributed by atoms with Crippen molar-refractivity contribution in [3.8, 4) is 33.8 Å². The molecule has 3 N–H and O–H groups in total. The number of imidazole rings is 2. The number of rotatable bonds is 11. The molecule has 0 bridgehead atoms. The molecule has 0 radical (unpaired) electrons. The van der Waals surface area contributed by atoms with Gasteiger partial charge in [-0.15, -0.1) is 0 Å². The predicted octanol–water partition coefficient (Wildman–Crippen LogP) is 6.72. The largest absolute Gasteiger partial charge is 0.491 e. The number of likely N-dealkylation sites (tertiary alicyclic amines) is 2. The Labute approximate surface area is 359 Å². The third-order valence-corrected chi connectivity index (χ3v) is 11.4. The number of likely N-dealkylation sites (N-methyl/N-ethyl adjacent to an activating group) is 1. The average Bonchev–Trinajstić information content (AvgIpc) is 4.12. The van der Waals surface area contributed by atoms with Gasteiger partial charge in [-0.3, -0.25) is 19.5 Å². The molecule has 63 heavy (non-hydrogen) atoms. The molecule has 2 aliphatic heterocycles. The van der Waals surface area contributed by atoms with Crippen LogP contribution < -0.4 is 5.32 Å². The number of carbonyl (C=O) groups is 5. The lowest BCUT2D eigenvalue weighted by molar-refractivity contribution is -0.194. The lowest BCUT2D eigenvalue weighted by Gasteiger charge is -2.34. The first kappa shape index (κ1) is 44.2. The van der Waals surface area contributed by atoms with Crippen LogP contribution in [0.15, 0.2) is 61.1 Å². The molecule has 2 aromatic carbocycles. The quantitative estimate of drug-likeness (QED) is 0.0938. The second-order valence-corrected chi connectivity index (χ2v) is 15.8. The molecule has 2 fully saturated rings. The van der Waals surface area contributed by atoms with Crippen LogP contribution in [-0.2, 0) is 23.9 Å². The highest BCUT2D eigenvalue weighted by Crippen LogP contribution is 2.35. The summed E-state index contributed by atoms with van der Waals surface area (Å²) in [7, 11) is 2.39. The van der Waals surface area contributed by atoms with Crippen molar-refractivity contribution in [1.29, 1.82) is 0 Å². The number of methoxy groups -OCH3 is 1. The van der Waals surface area contributed by atoms with Crippen LogP contribution in [0.2, 0.25) is 0 Å². The molecule has 5 aromatic rings. The van der Waals surface area contributed by atoms with Gasteiger partial charge in [0.15, 0.2) is 0 Å². The van der Waals surface area contributed by atoms with E-state index in [9.17, 15) is 37.1 Å². The van der Waals surface area contributed by atoms with Crippen molar-refractivity contribution in [3.05, 3.63) is 72.7 Å². The van der Waals surface area contributed by atoms with Crippen LogP contribution in [0.1, 0.15) is 76.6 Å². The van der Waals surface area contributed by atoms with Crippen molar-refractivity contribution >= 4 is 41.0 Å². The molecule has 0 aliphatic carbocycles. The number of nitrogens with one attached hydrogen (secondary N) is 3. The Bertz CT molecular complexity index is 2510. The van der Waals surface area contributed by atoms with Crippen molar-refractivity contribution < 1.29 is 46.6 Å².